The van der Waals surface area contributed by atoms with Gasteiger partial charge in [0.25, 0.3) is 5.89 Å². The van der Waals surface area contributed by atoms with Crippen molar-refractivity contribution in [3.05, 3.63) is 35.2 Å². The molecule has 0 atom stereocenters. The van der Waals surface area contributed by atoms with Crippen molar-refractivity contribution in [1.82, 2.24) is 15.2 Å². The summed E-state index contributed by atoms with van der Waals surface area (Å²) in [5.74, 6) is 2.00. The summed E-state index contributed by atoms with van der Waals surface area (Å²) >= 11 is 6.02. The number of H-pyrrole nitrogens is 1. The Labute approximate surface area is 133 Å². The molecule has 4 rings (SSSR count). The van der Waals surface area contributed by atoms with Crippen LogP contribution in [0.2, 0.25) is 5.02 Å². The standard InChI is InChI=1S/C17H18ClN3O/c18-13-6-7-14-12(9-13)10-15(19-14)17-21-20-16(22-17)8-11-4-2-1-3-5-11/h6-7,9-11,19H,1-5,8H2. The Morgan fingerprint density at radius 2 is 2.00 bits per heavy atom. The van der Waals surface area contributed by atoms with E-state index in [4.69, 9.17) is 16.0 Å². The molecule has 1 fully saturated rings. The molecule has 22 heavy (non-hydrogen) atoms. The Hall–Kier alpha value is -1.81. The van der Waals surface area contributed by atoms with Crippen molar-refractivity contribution in [2.45, 2.75) is 38.5 Å². The quantitative estimate of drug-likeness (QED) is 0.740. The predicted octanol–water partition coefficient (Wildman–Crippen LogP) is 4.99. The highest BCUT2D eigenvalue weighted by Crippen LogP contribution is 2.29. The maximum absolute atomic E-state index is 6.02. The first-order valence-electron chi connectivity index (χ1n) is 7.89. The van der Waals surface area contributed by atoms with Crippen molar-refractivity contribution >= 4 is 22.5 Å². The van der Waals surface area contributed by atoms with Crippen molar-refractivity contribution in [2.24, 2.45) is 5.92 Å². The maximum atomic E-state index is 6.02. The smallest absolute Gasteiger partial charge is 0.264 e. The fourth-order valence-electron chi connectivity index (χ4n) is 3.30. The fourth-order valence-corrected chi connectivity index (χ4v) is 3.48. The third-order valence-electron chi connectivity index (χ3n) is 4.47. The average molecular weight is 316 g/mol. The van der Waals surface area contributed by atoms with Gasteiger partial charge in [-0.1, -0.05) is 30.9 Å². The number of hydrogen-bond acceptors (Lipinski definition) is 3. The lowest BCUT2D eigenvalue weighted by Gasteiger charge is -2.19. The van der Waals surface area contributed by atoms with Crippen LogP contribution in [0, 0.1) is 5.92 Å². The Balaban J connectivity index is 1.56. The van der Waals surface area contributed by atoms with Gasteiger partial charge < -0.3 is 9.40 Å². The van der Waals surface area contributed by atoms with E-state index in [9.17, 15) is 0 Å². The molecule has 0 radical (unpaired) electrons. The topological polar surface area (TPSA) is 54.7 Å². The molecule has 114 valence electrons. The number of aromatic nitrogens is 3. The summed E-state index contributed by atoms with van der Waals surface area (Å²) in [6.45, 7) is 0. The van der Waals surface area contributed by atoms with E-state index in [0.29, 0.717) is 11.8 Å². The Morgan fingerprint density at radius 1 is 1.14 bits per heavy atom. The molecule has 0 bridgehead atoms. The molecule has 0 amide bonds. The number of nitrogens with one attached hydrogen (secondary N) is 1. The van der Waals surface area contributed by atoms with Crippen LogP contribution in [-0.2, 0) is 6.42 Å². The van der Waals surface area contributed by atoms with Crippen molar-refractivity contribution in [2.75, 3.05) is 0 Å². The van der Waals surface area contributed by atoms with Crippen LogP contribution >= 0.6 is 11.6 Å². The zero-order valence-electron chi connectivity index (χ0n) is 12.3. The summed E-state index contributed by atoms with van der Waals surface area (Å²) in [5, 5.41) is 10.2. The highest BCUT2D eigenvalue weighted by molar-refractivity contribution is 6.31. The van der Waals surface area contributed by atoms with Gasteiger partial charge in [0.1, 0.15) is 5.69 Å². The van der Waals surface area contributed by atoms with Crippen LogP contribution in [0.25, 0.3) is 22.5 Å². The van der Waals surface area contributed by atoms with E-state index in [0.717, 1.165) is 33.9 Å². The Morgan fingerprint density at radius 3 is 2.86 bits per heavy atom. The number of nitrogens with zero attached hydrogens (tertiary/aromatic N) is 2. The normalized spacial score (nSPS) is 16.4. The van der Waals surface area contributed by atoms with Gasteiger partial charge in [-0.15, -0.1) is 10.2 Å². The van der Waals surface area contributed by atoms with Crippen molar-refractivity contribution in [3.8, 4) is 11.6 Å². The maximum Gasteiger partial charge on any atom is 0.264 e. The van der Waals surface area contributed by atoms with Crippen molar-refractivity contribution < 1.29 is 4.42 Å². The van der Waals surface area contributed by atoms with Gasteiger partial charge in [0.05, 0.1) is 0 Å². The highest BCUT2D eigenvalue weighted by atomic mass is 35.5. The third kappa shape index (κ3) is 2.75. The lowest BCUT2D eigenvalue weighted by molar-refractivity contribution is 0.330. The van der Waals surface area contributed by atoms with E-state index in [-0.39, 0.29) is 0 Å². The van der Waals surface area contributed by atoms with E-state index in [1.54, 1.807) is 0 Å². The zero-order chi connectivity index (χ0) is 14.9. The minimum Gasteiger partial charge on any atom is -0.419 e. The number of halogens is 1. The molecule has 5 heteroatoms. The van der Waals surface area contributed by atoms with Gasteiger partial charge in [0.2, 0.25) is 5.89 Å². The Bertz CT molecular complexity index is 786. The first kappa shape index (κ1) is 13.8. The first-order valence-corrected chi connectivity index (χ1v) is 8.27. The number of rotatable bonds is 3. The molecule has 3 aromatic rings. The summed E-state index contributed by atoms with van der Waals surface area (Å²) < 4.78 is 5.85. The van der Waals surface area contributed by atoms with Crippen molar-refractivity contribution in [3.63, 3.8) is 0 Å². The van der Waals surface area contributed by atoms with Crippen LogP contribution in [0.1, 0.15) is 38.0 Å². The summed E-state index contributed by atoms with van der Waals surface area (Å²) in [7, 11) is 0. The summed E-state index contributed by atoms with van der Waals surface area (Å²) in [5.41, 5.74) is 1.87. The van der Waals surface area contributed by atoms with Gasteiger partial charge in [0, 0.05) is 22.3 Å². The molecule has 0 aliphatic heterocycles. The second-order valence-corrected chi connectivity index (χ2v) is 6.56. The second-order valence-electron chi connectivity index (χ2n) is 6.12. The fraction of sp³-hybridized carbons (Fsp3) is 0.412. The van der Waals surface area contributed by atoms with E-state index < -0.39 is 0 Å². The summed E-state index contributed by atoms with van der Waals surface area (Å²) in [6.07, 6.45) is 7.48. The molecule has 1 N–H and O–H groups in total. The van der Waals surface area contributed by atoms with Crippen LogP contribution in [0.3, 0.4) is 0 Å². The molecule has 0 unspecified atom stereocenters. The molecule has 1 aromatic carbocycles. The molecule has 2 aromatic heterocycles. The van der Waals surface area contributed by atoms with E-state index >= 15 is 0 Å². The molecule has 4 nitrogen and oxygen atoms in total. The molecular weight excluding hydrogens is 298 g/mol. The summed E-state index contributed by atoms with van der Waals surface area (Å²) in [6, 6.07) is 7.75. The average Bonchev–Trinajstić information content (AvgIpc) is 3.14. The molecule has 2 heterocycles. The van der Waals surface area contributed by atoms with Gasteiger partial charge in [-0.25, -0.2) is 0 Å². The number of benzene rings is 1. The number of aromatic amines is 1. The number of fused-ring (bicyclic) bond motifs is 1. The van der Waals surface area contributed by atoms with E-state index in [1.165, 1.54) is 32.1 Å². The number of hydrogen-bond donors (Lipinski definition) is 1. The van der Waals surface area contributed by atoms with Gasteiger partial charge >= 0.3 is 0 Å². The Kier molecular flexibility index (Phi) is 3.62. The predicted molar refractivity (Wildman–Crippen MR) is 86.9 cm³/mol. The van der Waals surface area contributed by atoms with Crippen LogP contribution in [0.5, 0.6) is 0 Å². The molecule has 1 aliphatic rings. The van der Waals surface area contributed by atoms with Crippen LogP contribution in [0.4, 0.5) is 0 Å². The van der Waals surface area contributed by atoms with Crippen LogP contribution < -0.4 is 0 Å². The lowest BCUT2D eigenvalue weighted by atomic mass is 9.87. The van der Waals surface area contributed by atoms with E-state index in [1.807, 2.05) is 24.3 Å². The first-order chi connectivity index (χ1) is 10.8. The van der Waals surface area contributed by atoms with Crippen LogP contribution in [0.15, 0.2) is 28.7 Å². The minimum atomic E-state index is 0.554. The summed E-state index contributed by atoms with van der Waals surface area (Å²) in [4.78, 5) is 3.30. The SMILES string of the molecule is Clc1ccc2[nH]c(-c3nnc(CC4CCCCC4)o3)cc2c1. The zero-order valence-corrected chi connectivity index (χ0v) is 13.1. The van der Waals surface area contributed by atoms with Gasteiger partial charge in [-0.3, -0.25) is 0 Å². The monoisotopic (exact) mass is 315 g/mol. The third-order valence-corrected chi connectivity index (χ3v) is 4.70. The van der Waals surface area contributed by atoms with Crippen molar-refractivity contribution in [1.29, 1.82) is 0 Å². The minimum absolute atomic E-state index is 0.554. The van der Waals surface area contributed by atoms with Crippen LogP contribution in [-0.4, -0.2) is 15.2 Å². The molecular formula is C17H18ClN3O. The second kappa shape index (κ2) is 5.76. The van der Waals surface area contributed by atoms with Gasteiger partial charge in [-0.05, 0) is 43.0 Å². The van der Waals surface area contributed by atoms with Gasteiger partial charge in [0.15, 0.2) is 0 Å². The molecule has 0 spiro atoms. The largest absolute Gasteiger partial charge is 0.419 e. The van der Waals surface area contributed by atoms with E-state index in [2.05, 4.69) is 15.2 Å². The van der Waals surface area contributed by atoms with Gasteiger partial charge in [-0.2, -0.15) is 0 Å². The molecule has 1 aliphatic carbocycles. The molecule has 1 saturated carbocycles. The lowest BCUT2D eigenvalue weighted by Crippen LogP contribution is -2.09. The molecule has 0 saturated heterocycles. The highest BCUT2D eigenvalue weighted by Gasteiger charge is 2.18.